The van der Waals surface area contributed by atoms with E-state index in [0.717, 1.165) is 50.4 Å². The maximum atomic E-state index is 11.9. The van der Waals surface area contributed by atoms with Crippen molar-refractivity contribution in [3.05, 3.63) is 27.6 Å². The number of nitrogens with two attached hydrogens (primary N) is 1. The van der Waals surface area contributed by atoms with Crippen molar-refractivity contribution in [1.82, 2.24) is 14.9 Å². The molecule has 110 valence electrons. The van der Waals surface area contributed by atoms with E-state index in [0.29, 0.717) is 10.6 Å². The first-order valence-electron chi connectivity index (χ1n) is 6.65. The summed E-state index contributed by atoms with van der Waals surface area (Å²) in [5.74, 6) is 1.42. The zero-order valence-corrected chi connectivity index (χ0v) is 12.8. The van der Waals surface area contributed by atoms with Crippen molar-refractivity contribution in [2.24, 2.45) is 11.7 Å². The monoisotopic (exact) mass is 314 g/mol. The molecule has 1 aliphatic rings. The van der Waals surface area contributed by atoms with Crippen molar-refractivity contribution in [3.63, 3.8) is 0 Å². The molecule has 1 aliphatic heterocycles. The number of fused-ring (bicyclic) bond motifs is 1. The Balaban J connectivity index is 0.00000147. The van der Waals surface area contributed by atoms with E-state index in [1.54, 1.807) is 0 Å². The maximum absolute atomic E-state index is 11.9. The molecular formula is C13H19ClN4OS. The lowest BCUT2D eigenvalue weighted by atomic mass is 9.97. The third-order valence-electron chi connectivity index (χ3n) is 3.78. The van der Waals surface area contributed by atoms with Crippen molar-refractivity contribution < 1.29 is 0 Å². The highest BCUT2D eigenvalue weighted by Gasteiger charge is 2.18. The van der Waals surface area contributed by atoms with E-state index in [-0.39, 0.29) is 18.0 Å². The molecule has 3 rings (SSSR count). The minimum Gasteiger partial charge on any atom is -0.330 e. The number of aromatic amines is 1. The van der Waals surface area contributed by atoms with Crippen molar-refractivity contribution >= 4 is 34.0 Å². The van der Waals surface area contributed by atoms with Gasteiger partial charge in [0.1, 0.15) is 10.5 Å². The fourth-order valence-electron chi connectivity index (χ4n) is 2.59. The number of hydrogen-bond donors (Lipinski definition) is 2. The molecule has 20 heavy (non-hydrogen) atoms. The fraction of sp³-hybridized carbons (Fsp3) is 0.538. The van der Waals surface area contributed by atoms with Crippen LogP contribution >= 0.6 is 23.7 Å². The molecule has 5 nitrogen and oxygen atoms in total. The Kier molecular flexibility index (Phi) is 5.15. The number of nitrogens with zero attached hydrogens (tertiary/aromatic N) is 2. The van der Waals surface area contributed by atoms with Crippen molar-refractivity contribution in [1.29, 1.82) is 0 Å². The molecule has 2 aromatic heterocycles. The molecular weight excluding hydrogens is 296 g/mol. The van der Waals surface area contributed by atoms with Gasteiger partial charge in [0.15, 0.2) is 0 Å². The van der Waals surface area contributed by atoms with Crippen molar-refractivity contribution in [3.8, 4) is 0 Å². The summed E-state index contributed by atoms with van der Waals surface area (Å²) in [4.78, 5) is 21.6. The number of piperidine rings is 1. The Bertz CT molecular complexity index is 618. The molecule has 3 N–H and O–H groups in total. The Morgan fingerprint density at radius 3 is 2.90 bits per heavy atom. The van der Waals surface area contributed by atoms with E-state index in [4.69, 9.17) is 5.73 Å². The second kappa shape index (κ2) is 6.67. The average Bonchev–Trinajstić information content (AvgIpc) is 2.88. The zero-order chi connectivity index (χ0) is 13.2. The summed E-state index contributed by atoms with van der Waals surface area (Å²) in [6.45, 7) is 3.57. The van der Waals surface area contributed by atoms with E-state index in [2.05, 4.69) is 14.9 Å². The van der Waals surface area contributed by atoms with Crippen LogP contribution in [0.4, 0.5) is 0 Å². The summed E-state index contributed by atoms with van der Waals surface area (Å²) in [5.41, 5.74) is 6.48. The van der Waals surface area contributed by atoms with Crippen molar-refractivity contribution in [2.75, 3.05) is 19.6 Å². The van der Waals surface area contributed by atoms with Crippen LogP contribution in [-0.2, 0) is 6.54 Å². The predicted molar refractivity (Wildman–Crippen MR) is 84.5 cm³/mol. The maximum Gasteiger partial charge on any atom is 0.268 e. The smallest absolute Gasteiger partial charge is 0.268 e. The summed E-state index contributed by atoms with van der Waals surface area (Å²) in [5, 5.41) is 1.91. The van der Waals surface area contributed by atoms with Gasteiger partial charge in [-0.2, -0.15) is 0 Å². The Labute approximate surface area is 127 Å². The molecule has 7 heteroatoms. The predicted octanol–water partition coefficient (Wildman–Crippen LogP) is 1.58. The molecule has 0 radical (unpaired) electrons. The zero-order valence-electron chi connectivity index (χ0n) is 11.2. The molecule has 0 amide bonds. The number of nitrogens with one attached hydrogen (secondary N) is 1. The van der Waals surface area contributed by atoms with Gasteiger partial charge in [0, 0.05) is 0 Å². The van der Waals surface area contributed by atoms with Crippen LogP contribution in [-0.4, -0.2) is 34.5 Å². The molecule has 0 unspecified atom stereocenters. The van der Waals surface area contributed by atoms with Crippen LogP contribution in [0.2, 0.25) is 0 Å². The number of H-pyrrole nitrogens is 1. The van der Waals surface area contributed by atoms with Crippen molar-refractivity contribution in [2.45, 2.75) is 19.4 Å². The second-order valence-electron chi connectivity index (χ2n) is 5.10. The van der Waals surface area contributed by atoms with Gasteiger partial charge in [-0.05, 0) is 49.8 Å². The van der Waals surface area contributed by atoms with Crippen LogP contribution in [0.1, 0.15) is 18.7 Å². The fourth-order valence-corrected chi connectivity index (χ4v) is 3.31. The van der Waals surface area contributed by atoms with Crippen LogP contribution in [0.3, 0.4) is 0 Å². The number of hydrogen-bond acceptors (Lipinski definition) is 5. The molecule has 0 saturated carbocycles. The number of aromatic nitrogens is 2. The number of rotatable bonds is 3. The summed E-state index contributed by atoms with van der Waals surface area (Å²) in [6.07, 6.45) is 2.28. The van der Waals surface area contributed by atoms with Gasteiger partial charge in [0.05, 0.1) is 12.1 Å². The van der Waals surface area contributed by atoms with Gasteiger partial charge >= 0.3 is 0 Å². The molecule has 0 bridgehead atoms. The van der Waals surface area contributed by atoms with Gasteiger partial charge in [-0.1, -0.05) is 0 Å². The van der Waals surface area contributed by atoms with Gasteiger partial charge < -0.3 is 10.7 Å². The standard InChI is InChI=1S/C13H18N4OS.ClH/c14-7-9-1-4-17(5-2-9)8-11-15-10-3-6-19-12(10)13(18)16-11;/h3,6,9H,1-2,4-5,7-8,14H2,(H,15,16,18);1H. The van der Waals surface area contributed by atoms with Crippen LogP contribution in [0.25, 0.3) is 10.2 Å². The molecule has 0 aliphatic carbocycles. The minimum absolute atomic E-state index is 0. The first-order chi connectivity index (χ1) is 9.26. The highest BCUT2D eigenvalue weighted by Crippen LogP contribution is 2.18. The van der Waals surface area contributed by atoms with Gasteiger partial charge in [-0.15, -0.1) is 23.7 Å². The first kappa shape index (κ1) is 15.4. The number of halogens is 1. The van der Waals surface area contributed by atoms with Crippen LogP contribution in [0.5, 0.6) is 0 Å². The van der Waals surface area contributed by atoms with E-state index >= 15 is 0 Å². The molecule has 2 aromatic rings. The Hall–Kier alpha value is -0.950. The summed E-state index contributed by atoms with van der Waals surface area (Å²) < 4.78 is 0.714. The van der Waals surface area contributed by atoms with E-state index in [9.17, 15) is 4.79 Å². The van der Waals surface area contributed by atoms with E-state index in [1.165, 1.54) is 11.3 Å². The second-order valence-corrected chi connectivity index (χ2v) is 6.02. The lowest BCUT2D eigenvalue weighted by molar-refractivity contribution is 0.177. The molecule has 1 fully saturated rings. The third kappa shape index (κ3) is 3.20. The quantitative estimate of drug-likeness (QED) is 0.902. The highest BCUT2D eigenvalue weighted by molar-refractivity contribution is 7.17. The minimum atomic E-state index is -0.0214. The lowest BCUT2D eigenvalue weighted by Gasteiger charge is -2.30. The highest BCUT2D eigenvalue weighted by atomic mass is 35.5. The molecule has 0 atom stereocenters. The van der Waals surface area contributed by atoms with E-state index in [1.807, 2.05) is 11.4 Å². The first-order valence-corrected chi connectivity index (χ1v) is 7.53. The van der Waals surface area contributed by atoms with Crippen LogP contribution < -0.4 is 11.3 Å². The van der Waals surface area contributed by atoms with Gasteiger partial charge in [0.25, 0.3) is 5.56 Å². The number of likely N-dealkylation sites (tertiary alicyclic amines) is 1. The normalized spacial score (nSPS) is 17.2. The Morgan fingerprint density at radius 1 is 1.45 bits per heavy atom. The van der Waals surface area contributed by atoms with Crippen LogP contribution in [0.15, 0.2) is 16.2 Å². The molecule has 0 aromatic carbocycles. The molecule has 1 saturated heterocycles. The SMILES string of the molecule is Cl.NCC1CCN(Cc2nc3ccsc3c(=O)[nH]2)CC1. The summed E-state index contributed by atoms with van der Waals surface area (Å²) >= 11 is 1.44. The number of thiophene rings is 1. The summed E-state index contributed by atoms with van der Waals surface area (Å²) in [7, 11) is 0. The summed E-state index contributed by atoms with van der Waals surface area (Å²) in [6, 6.07) is 1.90. The van der Waals surface area contributed by atoms with Gasteiger partial charge in [-0.25, -0.2) is 4.98 Å². The van der Waals surface area contributed by atoms with E-state index < -0.39 is 0 Å². The average molecular weight is 315 g/mol. The largest absolute Gasteiger partial charge is 0.330 e. The molecule has 3 heterocycles. The topological polar surface area (TPSA) is 75.0 Å². The third-order valence-corrected chi connectivity index (χ3v) is 4.68. The van der Waals surface area contributed by atoms with Gasteiger partial charge in [0.2, 0.25) is 0 Å². The molecule has 0 spiro atoms. The Morgan fingerprint density at radius 2 is 2.20 bits per heavy atom. The van der Waals surface area contributed by atoms with Gasteiger partial charge in [-0.3, -0.25) is 9.69 Å². The van der Waals surface area contributed by atoms with Crippen LogP contribution in [0, 0.1) is 5.92 Å². The lowest BCUT2D eigenvalue weighted by Crippen LogP contribution is -2.36.